The van der Waals surface area contributed by atoms with Crippen LogP contribution in [0.2, 0.25) is 0 Å². The van der Waals surface area contributed by atoms with Crippen LogP contribution in [-0.4, -0.2) is 47.0 Å². The van der Waals surface area contributed by atoms with Gasteiger partial charge in [0, 0.05) is 5.56 Å². The van der Waals surface area contributed by atoms with Gasteiger partial charge in [-0.25, -0.2) is 4.98 Å². The SMILES string of the molecule is COc1ccc([C@@H](c2sc3ncnn3c2O)[NH+]2CCC(Cc3ccccc3)CC2)cc1OC. The van der Waals surface area contributed by atoms with E-state index in [0.29, 0.717) is 22.4 Å². The van der Waals surface area contributed by atoms with Crippen molar-refractivity contribution in [1.82, 2.24) is 14.6 Å². The summed E-state index contributed by atoms with van der Waals surface area (Å²) in [5.74, 6) is 2.24. The molecule has 1 aliphatic heterocycles. The van der Waals surface area contributed by atoms with Crippen LogP contribution in [0.5, 0.6) is 17.4 Å². The van der Waals surface area contributed by atoms with E-state index in [1.165, 1.54) is 32.6 Å². The van der Waals surface area contributed by atoms with Crippen molar-refractivity contribution >= 4 is 16.3 Å². The number of thiazole rings is 1. The number of nitrogens with one attached hydrogen (secondary N) is 1. The number of ether oxygens (including phenoxy) is 2. The van der Waals surface area contributed by atoms with Crippen LogP contribution in [-0.2, 0) is 6.42 Å². The minimum Gasteiger partial charge on any atom is -0.493 e. The predicted molar refractivity (Wildman–Crippen MR) is 127 cm³/mol. The van der Waals surface area contributed by atoms with Crippen LogP contribution in [0.4, 0.5) is 0 Å². The molecule has 33 heavy (non-hydrogen) atoms. The lowest BCUT2D eigenvalue weighted by Crippen LogP contribution is -3.13. The number of benzene rings is 2. The van der Waals surface area contributed by atoms with Crippen LogP contribution in [0.3, 0.4) is 0 Å². The summed E-state index contributed by atoms with van der Waals surface area (Å²) in [6.07, 6.45) is 4.89. The van der Waals surface area contributed by atoms with Crippen molar-refractivity contribution in [3.05, 3.63) is 70.9 Å². The molecule has 5 rings (SSSR count). The first kappa shape index (κ1) is 21.7. The second-order valence-electron chi connectivity index (χ2n) is 8.58. The third kappa shape index (κ3) is 4.28. The molecule has 0 unspecified atom stereocenters. The highest BCUT2D eigenvalue weighted by Crippen LogP contribution is 2.38. The number of methoxy groups -OCH3 is 2. The first-order chi connectivity index (χ1) is 16.2. The Morgan fingerprint density at radius 1 is 1.09 bits per heavy atom. The number of aromatic hydroxyl groups is 1. The van der Waals surface area contributed by atoms with Gasteiger partial charge in [-0.05, 0) is 48.9 Å². The molecule has 2 N–H and O–H groups in total. The smallest absolute Gasteiger partial charge is 0.235 e. The van der Waals surface area contributed by atoms with Gasteiger partial charge >= 0.3 is 0 Å². The fraction of sp³-hybridized carbons (Fsp3) is 0.360. The van der Waals surface area contributed by atoms with Gasteiger partial charge in [0.2, 0.25) is 10.8 Å². The lowest BCUT2D eigenvalue weighted by molar-refractivity contribution is -0.931. The number of nitrogens with zero attached hydrogens (tertiary/aromatic N) is 3. The van der Waals surface area contributed by atoms with E-state index in [2.05, 4.69) is 46.5 Å². The largest absolute Gasteiger partial charge is 0.493 e. The standard InChI is InChI=1S/C25H28N4O3S/c1-31-20-9-8-19(15-21(20)32-2)22(23-24(30)29-25(33-23)26-16-27-29)28-12-10-18(11-13-28)14-17-6-4-3-5-7-17/h3-9,15-16,18,22,30H,10-14H2,1-2H3/p+1/t22-/m0/s1. The Morgan fingerprint density at radius 2 is 1.85 bits per heavy atom. The van der Waals surface area contributed by atoms with E-state index < -0.39 is 0 Å². The van der Waals surface area contributed by atoms with Crippen LogP contribution in [0, 0.1) is 5.92 Å². The van der Waals surface area contributed by atoms with Gasteiger partial charge in [-0.15, -0.1) is 0 Å². The van der Waals surface area contributed by atoms with E-state index in [1.807, 2.05) is 12.1 Å². The van der Waals surface area contributed by atoms with E-state index in [4.69, 9.17) is 9.47 Å². The summed E-state index contributed by atoms with van der Waals surface area (Å²) in [5.41, 5.74) is 2.49. The topological polar surface area (TPSA) is 73.3 Å². The average Bonchev–Trinajstić information content (AvgIpc) is 3.44. The lowest BCUT2D eigenvalue weighted by Gasteiger charge is -2.34. The molecule has 4 aromatic rings. The Labute approximate surface area is 197 Å². The first-order valence-corrected chi connectivity index (χ1v) is 12.1. The van der Waals surface area contributed by atoms with E-state index in [0.717, 1.165) is 42.8 Å². The quantitative estimate of drug-likeness (QED) is 0.439. The van der Waals surface area contributed by atoms with Crippen molar-refractivity contribution in [2.75, 3.05) is 27.3 Å². The molecule has 8 heteroatoms. The average molecular weight is 466 g/mol. The van der Waals surface area contributed by atoms with Gasteiger partial charge in [0.25, 0.3) is 0 Å². The highest BCUT2D eigenvalue weighted by molar-refractivity contribution is 7.17. The Bertz CT molecular complexity index is 1220. The third-order valence-electron chi connectivity index (χ3n) is 6.66. The Kier molecular flexibility index (Phi) is 6.20. The Morgan fingerprint density at radius 3 is 2.55 bits per heavy atom. The van der Waals surface area contributed by atoms with Crippen LogP contribution in [0.25, 0.3) is 4.96 Å². The Hall–Kier alpha value is -3.10. The van der Waals surface area contributed by atoms with Gasteiger partial charge in [-0.3, -0.25) is 0 Å². The molecule has 2 aromatic heterocycles. The maximum Gasteiger partial charge on any atom is 0.235 e. The summed E-state index contributed by atoms with van der Waals surface area (Å²) < 4.78 is 12.6. The molecule has 0 bridgehead atoms. The van der Waals surface area contributed by atoms with Crippen LogP contribution >= 0.6 is 11.3 Å². The minimum absolute atomic E-state index is 0.0315. The van der Waals surface area contributed by atoms with Crippen LogP contribution in [0.15, 0.2) is 54.9 Å². The monoisotopic (exact) mass is 465 g/mol. The number of quaternary nitrogens is 1. The molecule has 1 atom stereocenters. The van der Waals surface area contributed by atoms with E-state index in [-0.39, 0.29) is 11.9 Å². The number of hydrogen-bond donors (Lipinski definition) is 2. The molecule has 7 nitrogen and oxygen atoms in total. The number of likely N-dealkylation sites (tertiary alicyclic amines) is 1. The fourth-order valence-electron chi connectivity index (χ4n) is 4.98. The molecule has 1 fully saturated rings. The molecule has 0 amide bonds. The van der Waals surface area contributed by atoms with Crippen molar-refractivity contribution in [3.63, 3.8) is 0 Å². The summed E-state index contributed by atoms with van der Waals surface area (Å²) in [4.78, 5) is 7.32. The number of aromatic nitrogens is 3. The van der Waals surface area contributed by atoms with Gasteiger partial charge in [0.1, 0.15) is 11.2 Å². The molecule has 3 heterocycles. The Balaban J connectivity index is 1.45. The summed E-state index contributed by atoms with van der Waals surface area (Å²) >= 11 is 1.50. The molecule has 0 radical (unpaired) electrons. The number of hydrogen-bond acceptors (Lipinski definition) is 6. The molecule has 172 valence electrons. The zero-order chi connectivity index (χ0) is 22.8. The number of fused-ring (bicyclic) bond motifs is 1. The van der Waals surface area contributed by atoms with Crippen molar-refractivity contribution in [3.8, 4) is 17.4 Å². The van der Waals surface area contributed by atoms with Crippen LogP contribution < -0.4 is 14.4 Å². The van der Waals surface area contributed by atoms with Crippen molar-refractivity contribution < 1.29 is 19.5 Å². The van der Waals surface area contributed by atoms with E-state index in [9.17, 15) is 5.11 Å². The minimum atomic E-state index is -0.0315. The molecule has 0 saturated carbocycles. The maximum absolute atomic E-state index is 11.0. The first-order valence-electron chi connectivity index (χ1n) is 11.3. The highest BCUT2D eigenvalue weighted by Gasteiger charge is 2.35. The van der Waals surface area contributed by atoms with Gasteiger partial charge in [0.15, 0.2) is 17.5 Å². The lowest BCUT2D eigenvalue weighted by atomic mass is 9.88. The van der Waals surface area contributed by atoms with Crippen LogP contribution in [0.1, 0.15) is 34.9 Å². The van der Waals surface area contributed by atoms with Gasteiger partial charge in [-0.2, -0.15) is 9.61 Å². The third-order valence-corrected chi connectivity index (χ3v) is 7.76. The molecular weight excluding hydrogens is 436 g/mol. The number of rotatable bonds is 7. The highest BCUT2D eigenvalue weighted by atomic mass is 32.1. The second kappa shape index (κ2) is 9.41. The number of piperidine rings is 1. The molecule has 0 aliphatic carbocycles. The zero-order valence-corrected chi connectivity index (χ0v) is 19.7. The zero-order valence-electron chi connectivity index (χ0n) is 18.9. The predicted octanol–water partition coefficient (Wildman–Crippen LogP) is 3.14. The van der Waals surface area contributed by atoms with E-state index >= 15 is 0 Å². The second-order valence-corrected chi connectivity index (χ2v) is 9.59. The molecular formula is C25H29N4O3S+. The van der Waals surface area contributed by atoms with Crippen molar-refractivity contribution in [1.29, 1.82) is 0 Å². The fourth-order valence-corrected chi connectivity index (χ4v) is 6.09. The van der Waals surface area contributed by atoms with Crippen molar-refractivity contribution in [2.24, 2.45) is 5.92 Å². The van der Waals surface area contributed by atoms with Gasteiger partial charge in [-0.1, -0.05) is 41.7 Å². The maximum atomic E-state index is 11.0. The van der Waals surface area contributed by atoms with E-state index in [1.54, 1.807) is 14.2 Å². The summed E-state index contributed by atoms with van der Waals surface area (Å²) in [5, 5.41) is 15.2. The van der Waals surface area contributed by atoms with Gasteiger partial charge < -0.3 is 19.5 Å². The summed E-state index contributed by atoms with van der Waals surface area (Å²) in [6, 6.07) is 16.8. The molecule has 1 saturated heterocycles. The summed E-state index contributed by atoms with van der Waals surface area (Å²) in [7, 11) is 3.29. The molecule has 0 spiro atoms. The molecule has 1 aliphatic rings. The summed E-state index contributed by atoms with van der Waals surface area (Å²) in [6.45, 7) is 2.06. The normalized spacial score (nSPS) is 19.5. The van der Waals surface area contributed by atoms with Crippen molar-refractivity contribution in [2.45, 2.75) is 25.3 Å². The molecule has 2 aromatic carbocycles. The van der Waals surface area contributed by atoms with Gasteiger partial charge in [0.05, 0.1) is 27.3 Å².